The quantitative estimate of drug-likeness (QED) is 0.833. The lowest BCUT2D eigenvalue weighted by Gasteiger charge is -2.34. The second-order valence-corrected chi connectivity index (χ2v) is 6.15. The van der Waals surface area contributed by atoms with E-state index in [1.807, 2.05) is 0 Å². The van der Waals surface area contributed by atoms with E-state index in [0.717, 1.165) is 0 Å². The Hall–Kier alpha value is -2.25. The molecular formula is C18H21FN2O4. The van der Waals surface area contributed by atoms with E-state index >= 15 is 0 Å². The van der Waals surface area contributed by atoms with Crippen LogP contribution in [0.2, 0.25) is 0 Å². The Balaban J connectivity index is 1.80. The number of rotatable bonds is 6. The predicted octanol–water partition coefficient (Wildman–Crippen LogP) is 2.15. The molecule has 2 heterocycles. The van der Waals surface area contributed by atoms with Crippen molar-refractivity contribution in [3.63, 3.8) is 0 Å². The van der Waals surface area contributed by atoms with Gasteiger partial charge in [0.2, 0.25) is 0 Å². The van der Waals surface area contributed by atoms with E-state index in [-0.39, 0.29) is 6.54 Å². The van der Waals surface area contributed by atoms with E-state index in [0.29, 0.717) is 54.6 Å². The fourth-order valence-electron chi connectivity index (χ4n) is 3.20. The molecule has 0 saturated carbocycles. The Bertz CT molecular complexity index is 775. The van der Waals surface area contributed by atoms with Gasteiger partial charge in [-0.25, -0.2) is 9.18 Å². The van der Waals surface area contributed by atoms with Gasteiger partial charge in [0, 0.05) is 18.5 Å². The predicted molar refractivity (Wildman–Crippen MR) is 90.4 cm³/mol. The summed E-state index contributed by atoms with van der Waals surface area (Å²) in [5.41, 5.74) is -0.0381. The van der Waals surface area contributed by atoms with Crippen molar-refractivity contribution in [2.45, 2.75) is 24.9 Å². The van der Waals surface area contributed by atoms with Crippen molar-refractivity contribution in [1.82, 2.24) is 10.3 Å². The van der Waals surface area contributed by atoms with Gasteiger partial charge in [0.1, 0.15) is 11.6 Å². The Kier molecular flexibility index (Phi) is 5.15. The van der Waals surface area contributed by atoms with Crippen molar-refractivity contribution in [3.8, 4) is 5.75 Å². The second kappa shape index (κ2) is 7.33. The highest BCUT2D eigenvalue weighted by Gasteiger charge is 2.40. The molecule has 1 aliphatic heterocycles. The van der Waals surface area contributed by atoms with Crippen LogP contribution >= 0.6 is 0 Å². The van der Waals surface area contributed by atoms with Crippen LogP contribution in [0, 0.1) is 5.82 Å². The molecule has 1 aliphatic rings. The first-order valence-corrected chi connectivity index (χ1v) is 8.25. The molecule has 0 spiro atoms. The van der Waals surface area contributed by atoms with Crippen molar-refractivity contribution in [1.29, 1.82) is 0 Å². The molecule has 0 radical (unpaired) electrons. The van der Waals surface area contributed by atoms with E-state index in [1.165, 1.54) is 6.20 Å². The average Bonchev–Trinajstić information content (AvgIpc) is 2.63. The monoisotopic (exact) mass is 348 g/mol. The summed E-state index contributed by atoms with van der Waals surface area (Å²) in [7, 11) is 1.55. The number of nitrogens with zero attached hydrogens (tertiary/aromatic N) is 1. The first-order chi connectivity index (χ1) is 12.1. The summed E-state index contributed by atoms with van der Waals surface area (Å²) in [6, 6.07) is 5.31. The third-order valence-electron chi connectivity index (χ3n) is 4.60. The molecule has 0 bridgehead atoms. The fourth-order valence-corrected chi connectivity index (χ4v) is 3.20. The zero-order valence-corrected chi connectivity index (χ0v) is 14.0. The molecule has 2 aromatic rings. The smallest absolute Gasteiger partial charge is 0.337 e. The zero-order chi connectivity index (χ0) is 17.9. The number of benzene rings is 1. The zero-order valence-electron chi connectivity index (χ0n) is 14.0. The number of pyridine rings is 1. The maximum absolute atomic E-state index is 14.3. The number of morpholine rings is 1. The summed E-state index contributed by atoms with van der Waals surface area (Å²) >= 11 is 0. The Morgan fingerprint density at radius 2 is 2.36 bits per heavy atom. The molecule has 1 unspecified atom stereocenters. The van der Waals surface area contributed by atoms with Crippen molar-refractivity contribution >= 4 is 16.9 Å². The number of hydrogen-bond acceptors (Lipinski definition) is 5. The highest BCUT2D eigenvalue weighted by atomic mass is 19.1. The van der Waals surface area contributed by atoms with Crippen LogP contribution in [0.5, 0.6) is 5.75 Å². The van der Waals surface area contributed by atoms with Gasteiger partial charge in [-0.15, -0.1) is 0 Å². The summed E-state index contributed by atoms with van der Waals surface area (Å²) in [6.07, 6.45) is 2.40. The van der Waals surface area contributed by atoms with E-state index in [1.54, 1.807) is 25.3 Å². The number of carboxylic acids is 1. The van der Waals surface area contributed by atoms with E-state index in [9.17, 15) is 14.3 Å². The standard InChI is InChI=1S/C18H21FN2O4/c1-24-12-4-5-16-14(9-12)13(15(19)10-21-16)3-2-6-18(17(22)23)11-20-7-8-25-18/h4-5,9-10,20H,2-3,6-8,11H2,1H3,(H,22,23). The average molecular weight is 348 g/mol. The minimum Gasteiger partial charge on any atom is -0.497 e. The number of aliphatic carboxylic acids is 1. The number of fused-ring (bicyclic) bond motifs is 1. The lowest BCUT2D eigenvalue weighted by atomic mass is 9.93. The van der Waals surface area contributed by atoms with Crippen LogP contribution < -0.4 is 10.1 Å². The van der Waals surface area contributed by atoms with Crippen molar-refractivity contribution < 1.29 is 23.8 Å². The van der Waals surface area contributed by atoms with Gasteiger partial charge in [-0.2, -0.15) is 0 Å². The van der Waals surface area contributed by atoms with Crippen LogP contribution in [0.4, 0.5) is 4.39 Å². The second-order valence-electron chi connectivity index (χ2n) is 6.15. The molecule has 25 heavy (non-hydrogen) atoms. The van der Waals surface area contributed by atoms with Crippen LogP contribution in [0.1, 0.15) is 18.4 Å². The van der Waals surface area contributed by atoms with Crippen molar-refractivity contribution in [3.05, 3.63) is 35.8 Å². The summed E-state index contributed by atoms with van der Waals surface area (Å²) in [5.74, 6) is -0.753. The molecule has 1 aromatic carbocycles. The number of halogens is 1. The summed E-state index contributed by atoms with van der Waals surface area (Å²) in [5, 5.41) is 13.3. The fraction of sp³-hybridized carbons (Fsp3) is 0.444. The number of carbonyl (C=O) groups is 1. The topological polar surface area (TPSA) is 80.7 Å². The molecule has 0 amide bonds. The molecule has 134 valence electrons. The van der Waals surface area contributed by atoms with E-state index < -0.39 is 17.4 Å². The number of carboxylic acid groups (broad SMARTS) is 1. The highest BCUT2D eigenvalue weighted by molar-refractivity contribution is 5.83. The van der Waals surface area contributed by atoms with E-state index in [4.69, 9.17) is 9.47 Å². The molecule has 2 N–H and O–H groups in total. The molecule has 1 atom stereocenters. The first-order valence-electron chi connectivity index (χ1n) is 8.25. The van der Waals surface area contributed by atoms with Gasteiger partial charge < -0.3 is 19.9 Å². The van der Waals surface area contributed by atoms with Crippen LogP contribution in [0.25, 0.3) is 10.9 Å². The van der Waals surface area contributed by atoms with Gasteiger partial charge in [-0.05, 0) is 43.0 Å². The van der Waals surface area contributed by atoms with Crippen LogP contribution in [0.15, 0.2) is 24.4 Å². The van der Waals surface area contributed by atoms with Crippen LogP contribution in [-0.2, 0) is 16.0 Å². The number of ether oxygens (including phenoxy) is 2. The number of aryl methyl sites for hydroxylation is 1. The Morgan fingerprint density at radius 1 is 1.52 bits per heavy atom. The van der Waals surface area contributed by atoms with Gasteiger partial charge in [0.15, 0.2) is 5.60 Å². The molecule has 3 rings (SSSR count). The molecule has 1 fully saturated rings. The number of aromatic nitrogens is 1. The lowest BCUT2D eigenvalue weighted by Crippen LogP contribution is -2.55. The van der Waals surface area contributed by atoms with Crippen molar-refractivity contribution in [2.75, 3.05) is 26.8 Å². The number of hydrogen-bond donors (Lipinski definition) is 2. The molecule has 6 nitrogen and oxygen atoms in total. The summed E-state index contributed by atoms with van der Waals surface area (Å²) in [6.45, 7) is 1.25. The van der Waals surface area contributed by atoms with Gasteiger partial charge in [-0.3, -0.25) is 4.98 Å². The van der Waals surface area contributed by atoms with Gasteiger partial charge in [0.05, 0.1) is 25.4 Å². The third kappa shape index (κ3) is 3.57. The Labute approximate surface area is 145 Å². The molecule has 7 heteroatoms. The summed E-state index contributed by atoms with van der Waals surface area (Å²) < 4.78 is 25.1. The molecular weight excluding hydrogens is 327 g/mol. The Morgan fingerprint density at radius 3 is 3.04 bits per heavy atom. The largest absolute Gasteiger partial charge is 0.497 e. The number of nitrogens with one attached hydrogen (secondary N) is 1. The molecule has 1 saturated heterocycles. The minimum absolute atomic E-state index is 0.260. The maximum Gasteiger partial charge on any atom is 0.337 e. The molecule has 0 aliphatic carbocycles. The van der Waals surface area contributed by atoms with Crippen LogP contribution in [-0.4, -0.2) is 48.5 Å². The first kappa shape index (κ1) is 17.6. The van der Waals surface area contributed by atoms with Gasteiger partial charge in [-0.1, -0.05) is 0 Å². The third-order valence-corrected chi connectivity index (χ3v) is 4.60. The number of methoxy groups -OCH3 is 1. The lowest BCUT2D eigenvalue weighted by molar-refractivity contribution is -0.170. The van der Waals surface area contributed by atoms with Crippen molar-refractivity contribution in [2.24, 2.45) is 0 Å². The minimum atomic E-state index is -1.24. The van der Waals surface area contributed by atoms with E-state index in [2.05, 4.69) is 10.3 Å². The highest BCUT2D eigenvalue weighted by Crippen LogP contribution is 2.28. The van der Waals surface area contributed by atoms with Crippen LogP contribution in [0.3, 0.4) is 0 Å². The summed E-state index contributed by atoms with van der Waals surface area (Å²) in [4.78, 5) is 15.7. The normalized spacial score (nSPS) is 20.6. The SMILES string of the molecule is COc1ccc2ncc(F)c(CCCC3(C(=O)O)CNCCO3)c2c1. The maximum atomic E-state index is 14.3. The van der Waals surface area contributed by atoms with Gasteiger partial charge >= 0.3 is 5.97 Å². The van der Waals surface area contributed by atoms with Gasteiger partial charge in [0.25, 0.3) is 0 Å². The molecule has 1 aromatic heterocycles.